The number of hydrogen-bond donors (Lipinski definition) is 0. The zero-order valence-electron chi connectivity index (χ0n) is 14.1. The third kappa shape index (κ3) is 3.43. The summed E-state index contributed by atoms with van der Waals surface area (Å²) >= 11 is 3.53. The smallest absolute Gasteiger partial charge is 0.253 e. The maximum absolute atomic E-state index is 12.7. The molecule has 1 unspecified atom stereocenters. The van der Waals surface area contributed by atoms with Crippen LogP contribution in [0.2, 0.25) is 0 Å². The highest BCUT2D eigenvalue weighted by Crippen LogP contribution is 2.34. The number of carbonyl (C=O) groups is 1. The number of aromatic nitrogens is 1. The number of benzene rings is 1. The lowest BCUT2D eigenvalue weighted by Crippen LogP contribution is -2.52. The Kier molecular flexibility index (Phi) is 5.00. The number of fused-ring (bicyclic) bond motifs is 1. The zero-order chi connectivity index (χ0) is 17.2. The number of rotatable bonds is 3. The van der Waals surface area contributed by atoms with Gasteiger partial charge >= 0.3 is 0 Å². The van der Waals surface area contributed by atoms with Crippen molar-refractivity contribution in [3.8, 4) is 5.75 Å². The van der Waals surface area contributed by atoms with Crippen molar-refractivity contribution in [3.63, 3.8) is 0 Å². The normalized spacial score (nSPS) is 21.6. The molecule has 25 heavy (non-hydrogen) atoms. The highest BCUT2D eigenvalue weighted by molar-refractivity contribution is 7.99. The molecule has 8 heteroatoms. The second-order valence-corrected chi connectivity index (χ2v) is 8.28. The van der Waals surface area contributed by atoms with Gasteiger partial charge in [-0.1, -0.05) is 17.4 Å². The summed E-state index contributed by atoms with van der Waals surface area (Å²) in [5, 5.41) is 0.926. The van der Waals surface area contributed by atoms with E-state index < -0.39 is 6.10 Å². The summed E-state index contributed by atoms with van der Waals surface area (Å²) in [6.45, 7) is 3.50. The Morgan fingerprint density at radius 1 is 1.32 bits per heavy atom. The number of methoxy groups -OCH3 is 1. The summed E-state index contributed by atoms with van der Waals surface area (Å²) in [5.74, 6) is 2.93. The van der Waals surface area contributed by atoms with Crippen LogP contribution in [0.15, 0.2) is 18.2 Å². The lowest BCUT2D eigenvalue weighted by Gasteiger charge is -2.35. The molecule has 0 N–H and O–H groups in total. The van der Waals surface area contributed by atoms with Crippen LogP contribution in [0.1, 0.15) is 0 Å². The second kappa shape index (κ2) is 7.39. The van der Waals surface area contributed by atoms with Gasteiger partial charge in [0.1, 0.15) is 11.3 Å². The fraction of sp³-hybridized carbons (Fsp3) is 0.529. The van der Waals surface area contributed by atoms with Crippen LogP contribution in [0.5, 0.6) is 5.75 Å². The number of nitrogens with zero attached hydrogens (tertiary/aromatic N) is 3. The Hall–Kier alpha value is -1.51. The molecule has 1 aromatic heterocycles. The molecule has 4 rings (SSSR count). The summed E-state index contributed by atoms with van der Waals surface area (Å²) in [6, 6.07) is 5.95. The van der Waals surface area contributed by atoms with Crippen LogP contribution in [-0.4, -0.2) is 73.3 Å². The molecule has 6 nitrogen and oxygen atoms in total. The predicted octanol–water partition coefficient (Wildman–Crippen LogP) is 2.09. The second-order valence-electron chi connectivity index (χ2n) is 6.05. The van der Waals surface area contributed by atoms with E-state index in [0.717, 1.165) is 52.2 Å². The average Bonchev–Trinajstić information content (AvgIpc) is 3.12. The van der Waals surface area contributed by atoms with E-state index in [1.54, 1.807) is 18.4 Å². The Bertz CT molecular complexity index is 761. The quantitative estimate of drug-likeness (QED) is 0.814. The van der Waals surface area contributed by atoms with Gasteiger partial charge in [-0.2, -0.15) is 11.8 Å². The van der Waals surface area contributed by atoms with E-state index >= 15 is 0 Å². The number of para-hydroxylation sites is 1. The maximum Gasteiger partial charge on any atom is 0.253 e. The van der Waals surface area contributed by atoms with E-state index in [1.165, 1.54) is 0 Å². The summed E-state index contributed by atoms with van der Waals surface area (Å²) in [5.41, 5.74) is 0.882. The lowest BCUT2D eigenvalue weighted by molar-refractivity contribution is -0.144. The molecule has 1 amide bonds. The first-order chi connectivity index (χ1) is 12.3. The van der Waals surface area contributed by atoms with Gasteiger partial charge < -0.3 is 19.3 Å². The van der Waals surface area contributed by atoms with Crippen LogP contribution < -0.4 is 9.64 Å². The molecule has 0 radical (unpaired) electrons. The van der Waals surface area contributed by atoms with Crippen LogP contribution in [-0.2, 0) is 9.53 Å². The van der Waals surface area contributed by atoms with E-state index in [9.17, 15) is 4.79 Å². The van der Waals surface area contributed by atoms with Crippen molar-refractivity contribution in [1.82, 2.24) is 9.88 Å². The van der Waals surface area contributed by atoms with Crippen molar-refractivity contribution < 1.29 is 14.3 Å². The van der Waals surface area contributed by atoms with E-state index in [2.05, 4.69) is 4.90 Å². The summed E-state index contributed by atoms with van der Waals surface area (Å²) < 4.78 is 12.3. The Balaban J connectivity index is 1.52. The maximum atomic E-state index is 12.7. The highest BCUT2D eigenvalue weighted by Gasteiger charge is 2.32. The first-order valence-corrected chi connectivity index (χ1v) is 10.4. The largest absolute Gasteiger partial charge is 0.494 e. The topological polar surface area (TPSA) is 54.9 Å². The van der Waals surface area contributed by atoms with Crippen molar-refractivity contribution in [1.29, 1.82) is 0 Å². The van der Waals surface area contributed by atoms with E-state index in [4.69, 9.17) is 14.5 Å². The Labute approximate surface area is 155 Å². The van der Waals surface area contributed by atoms with Gasteiger partial charge in [0.15, 0.2) is 11.2 Å². The molecule has 2 aliphatic rings. The first kappa shape index (κ1) is 16.9. The number of thiazole rings is 1. The zero-order valence-corrected chi connectivity index (χ0v) is 15.8. The number of anilines is 1. The SMILES string of the molecule is COc1cccc2sc(N3CCOC(C(=O)N4CCSCC4)C3)nc12. The number of ether oxygens (including phenoxy) is 2. The average molecular weight is 380 g/mol. The minimum atomic E-state index is -0.397. The van der Waals surface area contributed by atoms with E-state index in [1.807, 2.05) is 34.9 Å². The van der Waals surface area contributed by atoms with Gasteiger partial charge in [-0.3, -0.25) is 4.79 Å². The molecule has 0 saturated carbocycles. The van der Waals surface area contributed by atoms with Gasteiger partial charge in [0.25, 0.3) is 5.91 Å². The molecule has 134 valence electrons. The van der Waals surface area contributed by atoms with Gasteiger partial charge in [-0.15, -0.1) is 0 Å². The number of carbonyl (C=O) groups excluding carboxylic acids is 1. The molecule has 0 bridgehead atoms. The third-order valence-electron chi connectivity index (χ3n) is 4.53. The monoisotopic (exact) mass is 379 g/mol. The molecule has 2 saturated heterocycles. The highest BCUT2D eigenvalue weighted by atomic mass is 32.2. The van der Waals surface area contributed by atoms with Crippen LogP contribution in [0, 0.1) is 0 Å². The van der Waals surface area contributed by atoms with Gasteiger partial charge in [0.05, 0.1) is 25.0 Å². The molecular weight excluding hydrogens is 358 g/mol. The predicted molar refractivity (Wildman–Crippen MR) is 102 cm³/mol. The van der Waals surface area contributed by atoms with Gasteiger partial charge in [-0.05, 0) is 12.1 Å². The van der Waals surface area contributed by atoms with E-state index in [-0.39, 0.29) is 5.91 Å². The Morgan fingerprint density at radius 3 is 2.96 bits per heavy atom. The van der Waals surface area contributed by atoms with Crippen LogP contribution in [0.4, 0.5) is 5.13 Å². The summed E-state index contributed by atoms with van der Waals surface area (Å²) in [4.78, 5) is 21.6. The lowest BCUT2D eigenvalue weighted by atomic mass is 10.2. The van der Waals surface area contributed by atoms with Crippen molar-refractivity contribution in [2.45, 2.75) is 6.10 Å². The Morgan fingerprint density at radius 2 is 2.16 bits per heavy atom. The molecule has 1 atom stereocenters. The molecule has 2 aromatic rings. The molecule has 1 aromatic carbocycles. The molecule has 2 aliphatic heterocycles. The molecular formula is C17H21N3O3S2. The minimum Gasteiger partial charge on any atom is -0.494 e. The van der Waals surface area contributed by atoms with Gasteiger partial charge in [0, 0.05) is 31.1 Å². The van der Waals surface area contributed by atoms with Crippen LogP contribution in [0.3, 0.4) is 0 Å². The fourth-order valence-corrected chi connectivity index (χ4v) is 5.09. The molecule has 3 heterocycles. The first-order valence-electron chi connectivity index (χ1n) is 8.43. The fourth-order valence-electron chi connectivity index (χ4n) is 3.17. The van der Waals surface area contributed by atoms with Crippen molar-refractivity contribution in [3.05, 3.63) is 18.2 Å². The molecule has 2 fully saturated rings. The number of amides is 1. The number of thioether (sulfide) groups is 1. The van der Waals surface area contributed by atoms with Gasteiger partial charge in [0.2, 0.25) is 0 Å². The van der Waals surface area contributed by atoms with Crippen molar-refractivity contribution in [2.24, 2.45) is 0 Å². The van der Waals surface area contributed by atoms with Crippen molar-refractivity contribution in [2.75, 3.05) is 56.3 Å². The third-order valence-corrected chi connectivity index (χ3v) is 6.55. The van der Waals surface area contributed by atoms with Crippen LogP contribution in [0.25, 0.3) is 10.2 Å². The van der Waals surface area contributed by atoms with Gasteiger partial charge in [-0.25, -0.2) is 4.98 Å². The summed E-state index contributed by atoms with van der Waals surface area (Å²) in [7, 11) is 1.66. The minimum absolute atomic E-state index is 0.115. The van der Waals surface area contributed by atoms with E-state index in [0.29, 0.717) is 13.2 Å². The number of morpholine rings is 1. The molecule has 0 aliphatic carbocycles. The van der Waals surface area contributed by atoms with Crippen molar-refractivity contribution >= 4 is 44.4 Å². The molecule has 0 spiro atoms. The van der Waals surface area contributed by atoms with Crippen LogP contribution >= 0.6 is 23.1 Å². The summed E-state index contributed by atoms with van der Waals surface area (Å²) in [6.07, 6.45) is -0.397. The standard InChI is InChI=1S/C17H21N3O3S2/c1-22-12-3-2-4-14-15(12)18-17(25-14)20-5-8-23-13(11-20)16(21)19-6-9-24-10-7-19/h2-4,13H,5-11H2,1H3. The number of hydrogen-bond acceptors (Lipinski definition) is 7.